The van der Waals surface area contributed by atoms with Crippen molar-refractivity contribution in [1.29, 1.82) is 0 Å². The van der Waals surface area contributed by atoms with E-state index in [0.717, 1.165) is 13.1 Å². The third kappa shape index (κ3) is 3.46. The second kappa shape index (κ2) is 5.81. The molecule has 0 spiro atoms. The number of rotatable bonds is 4. The van der Waals surface area contributed by atoms with Crippen LogP contribution in [-0.4, -0.2) is 43.5 Å². The summed E-state index contributed by atoms with van der Waals surface area (Å²) in [4.78, 5) is 22.9. The largest absolute Gasteiger partial charge is 0.368 e. The van der Waals surface area contributed by atoms with Gasteiger partial charge in [0.05, 0.1) is 6.04 Å². The molecule has 1 fully saturated rings. The summed E-state index contributed by atoms with van der Waals surface area (Å²) >= 11 is 0. The van der Waals surface area contributed by atoms with E-state index in [4.69, 9.17) is 5.73 Å². The molecule has 5 N–H and O–H groups in total. The van der Waals surface area contributed by atoms with Crippen LogP contribution < -0.4 is 21.7 Å². The fraction of sp³-hybridized carbons (Fsp3) is 0.800. The molecule has 0 radical (unpaired) electrons. The van der Waals surface area contributed by atoms with Gasteiger partial charge in [-0.25, -0.2) is 0 Å². The number of nitrogens with one attached hydrogen (secondary N) is 3. The van der Waals surface area contributed by atoms with E-state index in [1.54, 1.807) is 0 Å². The van der Waals surface area contributed by atoms with Gasteiger partial charge in [0, 0.05) is 19.6 Å². The molecule has 0 aromatic carbocycles. The topological polar surface area (TPSA) is 96.2 Å². The molecule has 0 aromatic heterocycles. The van der Waals surface area contributed by atoms with Gasteiger partial charge < -0.3 is 21.7 Å². The number of hydrogen-bond acceptors (Lipinski definition) is 4. The van der Waals surface area contributed by atoms with Crippen molar-refractivity contribution in [3.63, 3.8) is 0 Å². The van der Waals surface area contributed by atoms with Gasteiger partial charge in [0.15, 0.2) is 0 Å². The second-order valence-electron chi connectivity index (χ2n) is 4.34. The molecule has 2 unspecified atom stereocenters. The van der Waals surface area contributed by atoms with Crippen LogP contribution in [0.5, 0.6) is 0 Å². The second-order valence-corrected chi connectivity index (χ2v) is 4.34. The lowest BCUT2D eigenvalue weighted by molar-refractivity contribution is -0.129. The summed E-state index contributed by atoms with van der Waals surface area (Å²) in [6, 6.07) is -0.884. The summed E-state index contributed by atoms with van der Waals surface area (Å²) in [6.45, 7) is 5.88. The summed E-state index contributed by atoms with van der Waals surface area (Å²) in [7, 11) is 0. The lowest BCUT2D eigenvalue weighted by Gasteiger charge is -2.26. The Bertz CT molecular complexity index is 262. The quantitative estimate of drug-likeness (QED) is 0.455. The first-order chi connectivity index (χ1) is 7.52. The fourth-order valence-electron chi connectivity index (χ4n) is 1.66. The van der Waals surface area contributed by atoms with Crippen LogP contribution in [0.3, 0.4) is 0 Å². The molecule has 0 saturated carbocycles. The lowest BCUT2D eigenvalue weighted by atomic mass is 10.0. The van der Waals surface area contributed by atoms with Gasteiger partial charge in [-0.2, -0.15) is 0 Å². The molecule has 1 rings (SSSR count). The van der Waals surface area contributed by atoms with E-state index in [1.165, 1.54) is 0 Å². The molecule has 1 aliphatic rings. The van der Waals surface area contributed by atoms with Crippen molar-refractivity contribution in [1.82, 2.24) is 16.0 Å². The Hall–Kier alpha value is -1.14. The van der Waals surface area contributed by atoms with Gasteiger partial charge in [0.2, 0.25) is 11.8 Å². The minimum Gasteiger partial charge on any atom is -0.368 e. The van der Waals surface area contributed by atoms with E-state index in [0.29, 0.717) is 6.54 Å². The van der Waals surface area contributed by atoms with Crippen LogP contribution in [-0.2, 0) is 9.59 Å². The highest BCUT2D eigenvalue weighted by Crippen LogP contribution is 2.01. The SMILES string of the molecule is CC(C)C(NC(=O)C1CNCCN1)C(N)=O. The van der Waals surface area contributed by atoms with E-state index in [-0.39, 0.29) is 17.9 Å². The highest BCUT2D eigenvalue weighted by molar-refractivity contribution is 5.89. The molecular weight excluding hydrogens is 208 g/mol. The van der Waals surface area contributed by atoms with Crippen molar-refractivity contribution < 1.29 is 9.59 Å². The summed E-state index contributed by atoms with van der Waals surface area (Å²) < 4.78 is 0. The minimum atomic E-state index is -0.601. The van der Waals surface area contributed by atoms with Gasteiger partial charge in [-0.05, 0) is 5.92 Å². The maximum Gasteiger partial charge on any atom is 0.240 e. The summed E-state index contributed by atoms with van der Waals surface area (Å²) in [5.41, 5.74) is 5.23. The van der Waals surface area contributed by atoms with Gasteiger partial charge in [0.25, 0.3) is 0 Å². The zero-order valence-electron chi connectivity index (χ0n) is 9.75. The van der Waals surface area contributed by atoms with Crippen LogP contribution in [0.15, 0.2) is 0 Å². The number of carbonyl (C=O) groups is 2. The molecule has 1 heterocycles. The Labute approximate surface area is 95.3 Å². The summed E-state index contributed by atoms with van der Waals surface area (Å²) in [5.74, 6) is -0.671. The molecule has 1 aliphatic heterocycles. The van der Waals surface area contributed by atoms with Crippen LogP contribution in [0.1, 0.15) is 13.8 Å². The molecule has 0 bridgehead atoms. The summed E-state index contributed by atoms with van der Waals surface area (Å²) in [6.07, 6.45) is 0. The number of piperazine rings is 1. The first-order valence-corrected chi connectivity index (χ1v) is 5.56. The maximum absolute atomic E-state index is 11.8. The Kier molecular flexibility index (Phi) is 4.70. The molecule has 92 valence electrons. The number of amides is 2. The highest BCUT2D eigenvalue weighted by atomic mass is 16.2. The monoisotopic (exact) mass is 228 g/mol. The van der Waals surface area contributed by atoms with Crippen molar-refractivity contribution in [2.24, 2.45) is 11.7 Å². The Morgan fingerprint density at radius 3 is 2.50 bits per heavy atom. The van der Waals surface area contributed by atoms with E-state index in [1.807, 2.05) is 13.8 Å². The van der Waals surface area contributed by atoms with Crippen molar-refractivity contribution in [2.75, 3.05) is 19.6 Å². The number of nitrogens with two attached hydrogens (primary N) is 1. The Morgan fingerprint density at radius 2 is 2.06 bits per heavy atom. The number of primary amides is 1. The molecule has 0 aromatic rings. The first-order valence-electron chi connectivity index (χ1n) is 5.56. The smallest absolute Gasteiger partial charge is 0.240 e. The van der Waals surface area contributed by atoms with Crippen molar-refractivity contribution >= 4 is 11.8 Å². The van der Waals surface area contributed by atoms with Crippen LogP contribution >= 0.6 is 0 Å². The molecule has 2 atom stereocenters. The van der Waals surface area contributed by atoms with Crippen LogP contribution in [0.4, 0.5) is 0 Å². The lowest BCUT2D eigenvalue weighted by Crippen LogP contribution is -2.59. The fourth-order valence-corrected chi connectivity index (χ4v) is 1.66. The Morgan fingerprint density at radius 1 is 1.38 bits per heavy atom. The minimum absolute atomic E-state index is 0.00185. The average molecular weight is 228 g/mol. The van der Waals surface area contributed by atoms with Crippen molar-refractivity contribution in [3.8, 4) is 0 Å². The van der Waals surface area contributed by atoms with E-state index >= 15 is 0 Å². The molecule has 2 amide bonds. The van der Waals surface area contributed by atoms with Gasteiger partial charge in [-0.3, -0.25) is 9.59 Å². The highest BCUT2D eigenvalue weighted by Gasteiger charge is 2.26. The van der Waals surface area contributed by atoms with Gasteiger partial charge in [-0.1, -0.05) is 13.8 Å². The molecule has 16 heavy (non-hydrogen) atoms. The van der Waals surface area contributed by atoms with Gasteiger partial charge >= 0.3 is 0 Å². The predicted molar refractivity (Wildman–Crippen MR) is 60.6 cm³/mol. The zero-order chi connectivity index (χ0) is 12.1. The Balaban J connectivity index is 2.50. The average Bonchev–Trinajstić information content (AvgIpc) is 2.25. The third-order valence-corrected chi connectivity index (χ3v) is 2.63. The molecule has 1 saturated heterocycles. The third-order valence-electron chi connectivity index (χ3n) is 2.63. The maximum atomic E-state index is 11.8. The van der Waals surface area contributed by atoms with Crippen LogP contribution in [0.25, 0.3) is 0 Å². The number of carbonyl (C=O) groups excluding carboxylic acids is 2. The van der Waals surface area contributed by atoms with Crippen molar-refractivity contribution in [3.05, 3.63) is 0 Å². The molecular formula is C10H20N4O2. The normalized spacial score (nSPS) is 22.8. The van der Waals surface area contributed by atoms with Crippen molar-refractivity contribution in [2.45, 2.75) is 25.9 Å². The van der Waals surface area contributed by atoms with E-state index in [9.17, 15) is 9.59 Å². The van der Waals surface area contributed by atoms with Crippen LogP contribution in [0, 0.1) is 5.92 Å². The standard InChI is InChI=1S/C10H20N4O2/c1-6(2)8(9(11)15)14-10(16)7-5-12-3-4-13-7/h6-8,12-13H,3-5H2,1-2H3,(H2,11,15)(H,14,16). The molecule has 6 heteroatoms. The summed E-state index contributed by atoms with van der Waals surface area (Å²) in [5, 5.41) is 8.85. The van der Waals surface area contributed by atoms with Crippen LogP contribution in [0.2, 0.25) is 0 Å². The molecule has 6 nitrogen and oxygen atoms in total. The van der Waals surface area contributed by atoms with E-state index in [2.05, 4.69) is 16.0 Å². The number of hydrogen-bond donors (Lipinski definition) is 4. The van der Waals surface area contributed by atoms with Gasteiger partial charge in [-0.15, -0.1) is 0 Å². The van der Waals surface area contributed by atoms with E-state index < -0.39 is 11.9 Å². The predicted octanol–water partition coefficient (Wildman–Crippen LogP) is -1.83. The van der Waals surface area contributed by atoms with Gasteiger partial charge in [0.1, 0.15) is 6.04 Å². The first kappa shape index (κ1) is 12.9. The zero-order valence-corrected chi connectivity index (χ0v) is 9.75. The molecule has 0 aliphatic carbocycles.